The Morgan fingerprint density at radius 3 is 2.38 bits per heavy atom. The highest BCUT2D eigenvalue weighted by Gasteiger charge is 2.39. The van der Waals surface area contributed by atoms with Gasteiger partial charge in [0.1, 0.15) is 0 Å². The molecule has 24 heavy (non-hydrogen) atoms. The van der Waals surface area contributed by atoms with Gasteiger partial charge in [-0.05, 0) is 39.5 Å². The Bertz CT molecular complexity index is 323. The molecule has 0 amide bonds. The van der Waals surface area contributed by atoms with E-state index in [1.54, 1.807) is 0 Å². The summed E-state index contributed by atoms with van der Waals surface area (Å²) < 4.78 is 23.9. The molecular weight excluding hydrogens is 304 g/mol. The SMILES string of the molecule is CCCCCCCCOC1CC[C@@H]([C@H]2CC[C@H]([C@H](C)OCC)O2)O1. The lowest BCUT2D eigenvalue weighted by atomic mass is 10.1. The normalized spacial score (nSPS) is 31.6. The van der Waals surface area contributed by atoms with Gasteiger partial charge >= 0.3 is 0 Å². The van der Waals surface area contributed by atoms with Crippen molar-refractivity contribution in [3.63, 3.8) is 0 Å². The highest BCUT2D eigenvalue weighted by atomic mass is 16.7. The highest BCUT2D eigenvalue weighted by Crippen LogP contribution is 2.33. The maximum atomic E-state index is 6.18. The minimum Gasteiger partial charge on any atom is -0.376 e. The Labute approximate surface area is 148 Å². The van der Waals surface area contributed by atoms with E-state index in [9.17, 15) is 0 Å². The van der Waals surface area contributed by atoms with Crippen LogP contribution in [0.1, 0.15) is 85.0 Å². The van der Waals surface area contributed by atoms with Crippen LogP contribution in [0.3, 0.4) is 0 Å². The quantitative estimate of drug-likeness (QED) is 0.476. The molecular formula is C20H38O4. The fourth-order valence-electron chi connectivity index (χ4n) is 3.80. The lowest BCUT2D eigenvalue weighted by molar-refractivity contribution is -0.165. The molecule has 0 aromatic carbocycles. The van der Waals surface area contributed by atoms with Crippen LogP contribution >= 0.6 is 0 Å². The van der Waals surface area contributed by atoms with Crippen molar-refractivity contribution in [1.29, 1.82) is 0 Å². The van der Waals surface area contributed by atoms with Crippen LogP contribution in [-0.2, 0) is 18.9 Å². The molecule has 5 atom stereocenters. The van der Waals surface area contributed by atoms with E-state index in [0.717, 1.165) is 45.3 Å². The van der Waals surface area contributed by atoms with Crippen LogP contribution in [0.5, 0.6) is 0 Å². The van der Waals surface area contributed by atoms with Gasteiger partial charge in [-0.2, -0.15) is 0 Å². The maximum Gasteiger partial charge on any atom is 0.158 e. The van der Waals surface area contributed by atoms with Crippen LogP contribution in [0, 0.1) is 0 Å². The first-order valence-corrected chi connectivity index (χ1v) is 10.3. The molecule has 0 N–H and O–H groups in total. The fourth-order valence-corrected chi connectivity index (χ4v) is 3.80. The minimum atomic E-state index is -0.0161. The van der Waals surface area contributed by atoms with Gasteiger partial charge in [-0.3, -0.25) is 0 Å². The molecule has 0 aromatic rings. The lowest BCUT2D eigenvalue weighted by Crippen LogP contribution is -2.31. The summed E-state index contributed by atoms with van der Waals surface area (Å²) in [6, 6.07) is 0. The van der Waals surface area contributed by atoms with E-state index in [1.807, 2.05) is 6.92 Å². The highest BCUT2D eigenvalue weighted by molar-refractivity contribution is 4.85. The molecule has 4 nitrogen and oxygen atoms in total. The summed E-state index contributed by atoms with van der Waals surface area (Å²) in [5.41, 5.74) is 0. The van der Waals surface area contributed by atoms with E-state index in [2.05, 4.69) is 13.8 Å². The second-order valence-corrected chi connectivity index (χ2v) is 7.27. The number of rotatable bonds is 12. The first-order valence-electron chi connectivity index (χ1n) is 10.3. The minimum absolute atomic E-state index is 0.0161. The second-order valence-electron chi connectivity index (χ2n) is 7.27. The van der Waals surface area contributed by atoms with Gasteiger partial charge in [-0.15, -0.1) is 0 Å². The molecule has 0 bridgehead atoms. The first kappa shape index (κ1) is 20.2. The molecule has 1 unspecified atom stereocenters. The van der Waals surface area contributed by atoms with Crippen LogP contribution in [0.25, 0.3) is 0 Å². The zero-order chi connectivity index (χ0) is 17.2. The molecule has 2 rings (SSSR count). The van der Waals surface area contributed by atoms with Crippen molar-refractivity contribution in [3.8, 4) is 0 Å². The summed E-state index contributed by atoms with van der Waals surface area (Å²) in [7, 11) is 0. The molecule has 0 radical (unpaired) electrons. The maximum absolute atomic E-state index is 6.18. The third-order valence-corrected chi connectivity index (χ3v) is 5.27. The number of hydrogen-bond acceptors (Lipinski definition) is 4. The summed E-state index contributed by atoms with van der Waals surface area (Å²) in [6.07, 6.45) is 12.8. The predicted molar refractivity (Wildman–Crippen MR) is 96.2 cm³/mol. The molecule has 2 fully saturated rings. The van der Waals surface area contributed by atoms with Crippen molar-refractivity contribution in [2.45, 2.75) is 116 Å². The number of ether oxygens (including phenoxy) is 4. The summed E-state index contributed by atoms with van der Waals surface area (Å²) in [6.45, 7) is 7.98. The Morgan fingerprint density at radius 1 is 0.875 bits per heavy atom. The molecule has 2 saturated heterocycles. The van der Waals surface area contributed by atoms with Crippen molar-refractivity contribution in [1.82, 2.24) is 0 Å². The van der Waals surface area contributed by atoms with E-state index in [-0.39, 0.29) is 30.7 Å². The largest absolute Gasteiger partial charge is 0.376 e. The molecule has 0 saturated carbocycles. The van der Waals surface area contributed by atoms with E-state index < -0.39 is 0 Å². The Morgan fingerprint density at radius 2 is 1.58 bits per heavy atom. The smallest absolute Gasteiger partial charge is 0.158 e. The topological polar surface area (TPSA) is 36.9 Å². The molecule has 4 heteroatoms. The monoisotopic (exact) mass is 342 g/mol. The van der Waals surface area contributed by atoms with E-state index >= 15 is 0 Å². The Kier molecular flexibility index (Phi) is 9.62. The first-order chi connectivity index (χ1) is 11.7. The average molecular weight is 343 g/mol. The van der Waals surface area contributed by atoms with Crippen molar-refractivity contribution in [2.75, 3.05) is 13.2 Å². The van der Waals surface area contributed by atoms with Gasteiger partial charge in [-0.1, -0.05) is 39.0 Å². The lowest BCUT2D eigenvalue weighted by Gasteiger charge is -2.23. The average Bonchev–Trinajstić information content (AvgIpc) is 3.23. The van der Waals surface area contributed by atoms with Crippen molar-refractivity contribution in [3.05, 3.63) is 0 Å². The Hall–Kier alpha value is -0.160. The summed E-state index contributed by atoms with van der Waals surface area (Å²) >= 11 is 0. The van der Waals surface area contributed by atoms with Crippen molar-refractivity contribution < 1.29 is 18.9 Å². The molecule has 0 aromatic heterocycles. The molecule has 2 aliphatic rings. The van der Waals surface area contributed by atoms with Crippen molar-refractivity contribution >= 4 is 0 Å². The van der Waals surface area contributed by atoms with Crippen molar-refractivity contribution in [2.24, 2.45) is 0 Å². The molecule has 2 heterocycles. The number of hydrogen-bond donors (Lipinski definition) is 0. The third kappa shape index (κ3) is 6.62. The van der Waals surface area contributed by atoms with Crippen LogP contribution in [0.4, 0.5) is 0 Å². The number of unbranched alkanes of at least 4 members (excludes halogenated alkanes) is 5. The zero-order valence-corrected chi connectivity index (χ0v) is 16.0. The van der Waals surface area contributed by atoms with Gasteiger partial charge in [-0.25, -0.2) is 0 Å². The zero-order valence-electron chi connectivity index (χ0n) is 16.0. The second kappa shape index (κ2) is 11.5. The summed E-state index contributed by atoms with van der Waals surface area (Å²) in [5.74, 6) is 0. The fraction of sp³-hybridized carbons (Fsp3) is 1.00. The van der Waals surface area contributed by atoms with Gasteiger partial charge in [0.05, 0.1) is 24.4 Å². The van der Waals surface area contributed by atoms with Gasteiger partial charge in [0.25, 0.3) is 0 Å². The molecule has 142 valence electrons. The van der Waals surface area contributed by atoms with E-state index in [4.69, 9.17) is 18.9 Å². The third-order valence-electron chi connectivity index (χ3n) is 5.27. The van der Waals surface area contributed by atoms with Crippen LogP contribution < -0.4 is 0 Å². The molecule has 0 spiro atoms. The van der Waals surface area contributed by atoms with Crippen LogP contribution in [0.2, 0.25) is 0 Å². The van der Waals surface area contributed by atoms with E-state index in [0.29, 0.717) is 0 Å². The van der Waals surface area contributed by atoms with Gasteiger partial charge < -0.3 is 18.9 Å². The predicted octanol–water partition coefficient (Wildman–Crippen LogP) is 4.84. The summed E-state index contributed by atoms with van der Waals surface area (Å²) in [4.78, 5) is 0. The standard InChI is InChI=1S/C20H38O4/c1-4-6-7-8-9-10-15-22-20-14-13-19(24-20)18-12-11-17(23-18)16(3)21-5-2/h16-20H,4-15H2,1-3H3/t16-,17+,18+,19-,20?/m0/s1. The molecule has 2 aliphatic heterocycles. The van der Waals surface area contributed by atoms with Gasteiger partial charge in [0, 0.05) is 19.6 Å². The van der Waals surface area contributed by atoms with Gasteiger partial charge in [0.2, 0.25) is 0 Å². The summed E-state index contributed by atoms with van der Waals surface area (Å²) in [5, 5.41) is 0. The Balaban J connectivity index is 1.55. The van der Waals surface area contributed by atoms with Gasteiger partial charge in [0.15, 0.2) is 6.29 Å². The van der Waals surface area contributed by atoms with Crippen LogP contribution in [0.15, 0.2) is 0 Å². The van der Waals surface area contributed by atoms with Crippen LogP contribution in [-0.4, -0.2) is 43.9 Å². The van der Waals surface area contributed by atoms with E-state index in [1.165, 1.54) is 32.1 Å². The molecule has 0 aliphatic carbocycles.